The van der Waals surface area contributed by atoms with Crippen LogP contribution in [0.2, 0.25) is 0 Å². The minimum atomic E-state index is 0. The predicted octanol–water partition coefficient (Wildman–Crippen LogP) is 6.01. The number of allylic oxidation sites excluding steroid dienone is 1. The van der Waals surface area contributed by atoms with E-state index in [1.165, 1.54) is 32.1 Å². The maximum Gasteiger partial charge on any atom is 2.00 e. The first-order valence-electron chi connectivity index (χ1n) is 8.47. The first-order valence-corrected chi connectivity index (χ1v) is 9.26. The molecule has 0 aliphatic heterocycles. The van der Waals surface area contributed by atoms with E-state index in [0.29, 0.717) is 12.2 Å². The summed E-state index contributed by atoms with van der Waals surface area (Å²) < 4.78 is 0. The second-order valence-corrected chi connectivity index (χ2v) is 6.56. The van der Waals surface area contributed by atoms with Crippen LogP contribution >= 0.6 is 15.9 Å². The van der Waals surface area contributed by atoms with Crippen LogP contribution in [0.15, 0.2) is 12.7 Å². The second-order valence-electron chi connectivity index (χ2n) is 5.65. The van der Waals surface area contributed by atoms with Gasteiger partial charge in [0.15, 0.2) is 0 Å². The molecule has 2 rings (SSSR count). The van der Waals surface area contributed by atoms with Crippen molar-refractivity contribution in [2.24, 2.45) is 0 Å². The molecule has 0 aromatic rings. The third-order valence-electron chi connectivity index (χ3n) is 3.67. The van der Waals surface area contributed by atoms with Gasteiger partial charge in [-0.3, -0.25) is 4.79 Å². The number of Topliss-reactive ketones (excluding diaryl/α,β-unsaturated/α-hetero) is 1. The molecule has 0 unspecified atom stereocenters. The Morgan fingerprint density at radius 3 is 1.88 bits per heavy atom. The summed E-state index contributed by atoms with van der Waals surface area (Å²) in [6, 6.07) is 0. The Hall–Kier alpha value is 0.409. The summed E-state index contributed by atoms with van der Waals surface area (Å²) >= 11 is 3.28. The zero-order valence-electron chi connectivity index (χ0n) is 14.2. The van der Waals surface area contributed by atoms with Crippen LogP contribution in [-0.2, 0) is 21.9 Å². The normalized spacial score (nSPS) is 17.9. The van der Waals surface area contributed by atoms with Gasteiger partial charge in [-0.2, -0.15) is 0 Å². The van der Waals surface area contributed by atoms with E-state index >= 15 is 0 Å². The van der Waals surface area contributed by atoms with Crippen LogP contribution in [-0.4, -0.2) is 5.78 Å². The summed E-state index contributed by atoms with van der Waals surface area (Å²) in [7, 11) is 0. The summed E-state index contributed by atoms with van der Waals surface area (Å²) in [5.41, 5.74) is 0. The molecule has 0 heterocycles. The van der Waals surface area contributed by atoms with Crippen molar-refractivity contribution in [3.8, 4) is 0 Å². The molecule has 0 saturated heterocycles. The first-order chi connectivity index (χ1) is 11.2. The van der Waals surface area contributed by atoms with Crippen molar-refractivity contribution >= 4 is 21.7 Å². The van der Waals surface area contributed by atoms with Crippen molar-refractivity contribution in [2.45, 2.75) is 51.4 Å². The Morgan fingerprint density at radius 1 is 0.875 bits per heavy atom. The van der Waals surface area contributed by atoms with Gasteiger partial charge in [0.05, 0.1) is 0 Å². The standard InChI is InChI=1S/C16H23O.C5H4Br.Fe/c1-2-3-4-5-6-7-8-9-14-16(17)15-12-10-11-13-15;6-5-3-1-2-4-5;/h2,10-13H,1,3-9,14H2;1-4H;/q;;+2. The molecule has 0 amide bonds. The molecule has 2 aliphatic carbocycles. The van der Waals surface area contributed by atoms with Crippen LogP contribution in [0.4, 0.5) is 0 Å². The number of carbonyl (C=O) groups is 1. The maximum atomic E-state index is 11.7. The SMILES string of the molecule is Br[C]1[CH][CH][CH][CH]1.C=CCCCCCCCCC(=O)[C]1[CH][CH][CH][CH]1.[Fe+2]. The summed E-state index contributed by atoms with van der Waals surface area (Å²) in [5.74, 6) is 1.16. The smallest absolute Gasteiger partial charge is 0.299 e. The fourth-order valence-corrected chi connectivity index (χ4v) is 2.64. The van der Waals surface area contributed by atoms with Gasteiger partial charge in [-0.25, -0.2) is 0 Å². The van der Waals surface area contributed by atoms with Crippen LogP contribution < -0.4 is 0 Å². The molecule has 0 spiro atoms. The van der Waals surface area contributed by atoms with Crippen molar-refractivity contribution < 1.29 is 21.9 Å². The average Bonchev–Trinajstić information content (AvgIpc) is 3.23. The van der Waals surface area contributed by atoms with Crippen molar-refractivity contribution in [1.82, 2.24) is 0 Å². The molecule has 2 fully saturated rings. The summed E-state index contributed by atoms with van der Waals surface area (Å²) in [4.78, 5) is 12.8. The molecular formula is C21H27BrFeO+2. The molecule has 0 N–H and O–H groups in total. The third kappa shape index (κ3) is 12.7. The van der Waals surface area contributed by atoms with E-state index in [-0.39, 0.29) is 17.1 Å². The van der Waals surface area contributed by atoms with E-state index in [1.807, 2.05) is 57.4 Å². The van der Waals surface area contributed by atoms with Crippen molar-refractivity contribution in [2.75, 3.05) is 0 Å². The molecule has 2 aliphatic rings. The molecule has 0 aromatic heterocycles. The fraction of sp³-hybridized carbons (Fsp3) is 0.381. The molecule has 24 heavy (non-hydrogen) atoms. The molecule has 0 bridgehead atoms. The summed E-state index contributed by atoms with van der Waals surface area (Å²) in [6.07, 6.45) is 26.8. The quantitative estimate of drug-likeness (QED) is 0.235. The predicted molar refractivity (Wildman–Crippen MR) is 102 cm³/mol. The Bertz CT molecular complexity index is 307. The molecule has 0 atom stereocenters. The van der Waals surface area contributed by atoms with Gasteiger partial charge in [0, 0.05) is 17.2 Å². The van der Waals surface area contributed by atoms with E-state index in [4.69, 9.17) is 0 Å². The number of unbranched alkanes of at least 4 members (excludes halogenated alkanes) is 6. The Kier molecular flexibility index (Phi) is 17.1. The first kappa shape index (κ1) is 24.4. The van der Waals surface area contributed by atoms with Crippen LogP contribution in [0.5, 0.6) is 0 Å². The number of hydrogen-bond donors (Lipinski definition) is 0. The van der Waals surface area contributed by atoms with Crippen LogP contribution in [0.1, 0.15) is 51.4 Å². The van der Waals surface area contributed by atoms with E-state index in [1.54, 1.807) is 0 Å². The molecule has 1 nitrogen and oxygen atoms in total. The average molecular weight is 431 g/mol. The summed E-state index contributed by atoms with van der Waals surface area (Å²) in [6.45, 7) is 3.71. The molecule has 2 saturated carbocycles. The number of halogens is 1. The fourth-order valence-electron chi connectivity index (χ4n) is 2.34. The molecule has 0 aromatic carbocycles. The van der Waals surface area contributed by atoms with E-state index in [0.717, 1.165) is 23.6 Å². The number of ketones is 1. The van der Waals surface area contributed by atoms with Gasteiger partial charge in [-0.1, -0.05) is 47.7 Å². The van der Waals surface area contributed by atoms with Crippen molar-refractivity contribution in [1.29, 1.82) is 0 Å². The van der Waals surface area contributed by atoms with Crippen molar-refractivity contribution in [3.05, 3.63) is 74.8 Å². The van der Waals surface area contributed by atoms with Crippen LogP contribution in [0.25, 0.3) is 0 Å². The third-order valence-corrected chi connectivity index (χ3v) is 4.20. The second kappa shape index (κ2) is 16.9. The zero-order valence-corrected chi connectivity index (χ0v) is 16.9. The van der Waals surface area contributed by atoms with Gasteiger partial charge >= 0.3 is 17.1 Å². The number of carbonyl (C=O) groups excluding carboxylic acids is 1. The van der Waals surface area contributed by atoms with E-state index in [9.17, 15) is 4.79 Å². The monoisotopic (exact) mass is 430 g/mol. The maximum absolute atomic E-state index is 11.7. The van der Waals surface area contributed by atoms with Gasteiger partial charge in [-0.05, 0) is 70.6 Å². The number of rotatable bonds is 10. The Balaban J connectivity index is 0.000000635. The number of hydrogen-bond acceptors (Lipinski definition) is 1. The van der Waals surface area contributed by atoms with Gasteiger partial charge in [0.25, 0.3) is 0 Å². The minimum Gasteiger partial charge on any atom is -0.299 e. The molecule has 3 heteroatoms. The van der Waals surface area contributed by atoms with E-state index in [2.05, 4.69) is 22.5 Å². The minimum absolute atomic E-state index is 0. The summed E-state index contributed by atoms with van der Waals surface area (Å²) in [5, 5.41) is 0. The van der Waals surface area contributed by atoms with Crippen molar-refractivity contribution in [3.63, 3.8) is 0 Å². The van der Waals surface area contributed by atoms with Gasteiger partial charge in [-0.15, -0.1) is 6.58 Å². The molecule has 130 valence electrons. The Labute approximate surface area is 169 Å². The van der Waals surface area contributed by atoms with E-state index < -0.39 is 0 Å². The van der Waals surface area contributed by atoms with Crippen LogP contribution in [0.3, 0.4) is 0 Å². The Morgan fingerprint density at radius 2 is 1.38 bits per heavy atom. The van der Waals surface area contributed by atoms with Crippen LogP contribution in [0, 0.1) is 62.1 Å². The molecule has 10 radical (unpaired) electrons. The van der Waals surface area contributed by atoms with Gasteiger partial charge in [0.1, 0.15) is 5.78 Å². The molecular weight excluding hydrogens is 404 g/mol. The van der Waals surface area contributed by atoms with Gasteiger partial charge in [0.2, 0.25) is 0 Å². The van der Waals surface area contributed by atoms with Gasteiger partial charge < -0.3 is 0 Å². The topological polar surface area (TPSA) is 17.1 Å². The largest absolute Gasteiger partial charge is 2.00 e. The zero-order chi connectivity index (χ0) is 16.8.